The molecule has 6 rings (SSSR count). The van der Waals surface area contributed by atoms with E-state index in [1.807, 2.05) is 0 Å². The molecule has 0 aromatic carbocycles. The van der Waals surface area contributed by atoms with E-state index in [2.05, 4.69) is 12.3 Å². The summed E-state index contributed by atoms with van der Waals surface area (Å²) in [5, 5.41) is 0.307. The van der Waals surface area contributed by atoms with Crippen LogP contribution in [0.15, 0.2) is 12.3 Å². The second-order valence-corrected chi connectivity index (χ2v) is 13.8. The lowest BCUT2D eigenvalue weighted by molar-refractivity contribution is 0.274. The van der Waals surface area contributed by atoms with Crippen LogP contribution in [-0.2, 0) is 14.2 Å². The fraction of sp³-hybridized carbons (Fsp3) is 0.900. The first-order chi connectivity index (χ1) is 11.7. The molecule has 0 spiro atoms. The summed E-state index contributed by atoms with van der Waals surface area (Å²) in [7, 11) is -2.12. The fourth-order valence-electron chi connectivity index (χ4n) is 7.57. The molecule has 0 bridgehead atoms. The van der Waals surface area contributed by atoms with E-state index in [1.54, 1.807) is 0 Å². The molecule has 3 nitrogen and oxygen atoms in total. The van der Waals surface area contributed by atoms with Crippen molar-refractivity contribution in [3.63, 3.8) is 0 Å². The lowest BCUT2D eigenvalue weighted by Crippen LogP contribution is -2.73. The number of epoxide rings is 3. The van der Waals surface area contributed by atoms with Crippen LogP contribution in [0.5, 0.6) is 0 Å². The van der Waals surface area contributed by atoms with Gasteiger partial charge in [-0.25, -0.2) is 0 Å². The molecule has 0 N–H and O–H groups in total. The third-order valence-corrected chi connectivity index (χ3v) is 15.2. The SMILES string of the molecule is C=C[Si](C12CCCCC1O2)(C12CCCCC1O2)C12CCCCC1O2. The maximum absolute atomic E-state index is 6.64. The van der Waals surface area contributed by atoms with Gasteiger partial charge in [-0.05, 0) is 38.5 Å². The van der Waals surface area contributed by atoms with Crippen LogP contribution in [0.3, 0.4) is 0 Å². The number of hydrogen-bond acceptors (Lipinski definition) is 3. The van der Waals surface area contributed by atoms with Gasteiger partial charge in [0.2, 0.25) is 0 Å². The summed E-state index contributed by atoms with van der Waals surface area (Å²) >= 11 is 0. The lowest BCUT2D eigenvalue weighted by Gasteiger charge is -2.47. The van der Waals surface area contributed by atoms with E-state index in [9.17, 15) is 0 Å². The Morgan fingerprint density at radius 3 is 1.33 bits per heavy atom. The molecule has 3 saturated heterocycles. The van der Waals surface area contributed by atoms with Gasteiger partial charge in [0, 0.05) is 0 Å². The first-order valence-electron chi connectivity index (χ1n) is 10.4. The lowest BCUT2D eigenvalue weighted by atomic mass is 9.98. The Labute approximate surface area is 146 Å². The predicted molar refractivity (Wildman–Crippen MR) is 94.2 cm³/mol. The van der Waals surface area contributed by atoms with Crippen molar-refractivity contribution in [2.75, 3.05) is 0 Å². The van der Waals surface area contributed by atoms with Crippen molar-refractivity contribution in [3.8, 4) is 0 Å². The maximum Gasteiger partial charge on any atom is 0.194 e. The number of rotatable bonds is 4. The summed E-state index contributed by atoms with van der Waals surface area (Å²) < 4.78 is 19.9. The number of hydrogen-bond donors (Lipinski definition) is 0. The zero-order valence-electron chi connectivity index (χ0n) is 14.7. The van der Waals surface area contributed by atoms with Crippen LogP contribution in [0, 0.1) is 0 Å². The van der Waals surface area contributed by atoms with E-state index in [0.717, 1.165) is 0 Å². The molecule has 3 heterocycles. The predicted octanol–water partition coefficient (Wildman–Crippen LogP) is 3.91. The van der Waals surface area contributed by atoms with Crippen LogP contribution < -0.4 is 0 Å². The van der Waals surface area contributed by atoms with E-state index in [4.69, 9.17) is 14.2 Å². The Balaban J connectivity index is 1.51. The molecular weight excluding hydrogens is 316 g/mol. The van der Waals surface area contributed by atoms with Gasteiger partial charge in [0.1, 0.15) is 0 Å². The van der Waals surface area contributed by atoms with Crippen LogP contribution in [-0.4, -0.2) is 42.1 Å². The average molecular weight is 347 g/mol. The van der Waals surface area contributed by atoms with E-state index in [-0.39, 0.29) is 15.7 Å². The van der Waals surface area contributed by atoms with Crippen molar-refractivity contribution < 1.29 is 14.2 Å². The van der Waals surface area contributed by atoms with Crippen molar-refractivity contribution >= 4 is 8.07 Å². The van der Waals surface area contributed by atoms with Crippen molar-refractivity contribution in [1.82, 2.24) is 0 Å². The number of ether oxygens (including phenoxy) is 3. The second-order valence-electron chi connectivity index (χ2n) is 9.24. The fourth-order valence-corrected chi connectivity index (χ4v) is 15.4. The highest BCUT2D eigenvalue weighted by molar-refractivity contribution is 6.94. The Morgan fingerprint density at radius 2 is 1.04 bits per heavy atom. The summed E-state index contributed by atoms with van der Waals surface area (Å²) in [5.41, 5.74) is 2.43. The van der Waals surface area contributed by atoms with Crippen molar-refractivity contribution in [2.24, 2.45) is 0 Å². The van der Waals surface area contributed by atoms with Gasteiger partial charge in [-0.1, -0.05) is 44.2 Å². The van der Waals surface area contributed by atoms with Gasteiger partial charge in [0.25, 0.3) is 0 Å². The summed E-state index contributed by atoms with van der Waals surface area (Å²) in [6.45, 7) is 4.50. The molecule has 6 atom stereocenters. The van der Waals surface area contributed by atoms with Crippen molar-refractivity contribution in [3.05, 3.63) is 12.3 Å². The zero-order valence-corrected chi connectivity index (χ0v) is 15.7. The summed E-state index contributed by atoms with van der Waals surface area (Å²) in [6, 6.07) is 0. The smallest absolute Gasteiger partial charge is 0.194 e. The molecule has 0 aromatic heterocycles. The van der Waals surface area contributed by atoms with Crippen LogP contribution >= 0.6 is 0 Å². The molecule has 6 unspecified atom stereocenters. The maximum atomic E-state index is 6.64. The van der Waals surface area contributed by atoms with E-state index >= 15 is 0 Å². The molecule has 3 aliphatic carbocycles. The summed E-state index contributed by atoms with van der Waals surface area (Å²) in [4.78, 5) is 0. The van der Waals surface area contributed by atoms with Gasteiger partial charge in [0.05, 0.1) is 34.0 Å². The van der Waals surface area contributed by atoms with Gasteiger partial charge in [-0.3, -0.25) is 0 Å². The normalized spacial score (nSPS) is 56.9. The summed E-state index contributed by atoms with van der Waals surface area (Å²) in [5.74, 6) is 0. The van der Waals surface area contributed by atoms with Crippen LogP contribution in [0.1, 0.15) is 77.0 Å². The van der Waals surface area contributed by atoms with E-state index in [1.165, 1.54) is 77.0 Å². The molecule has 132 valence electrons. The van der Waals surface area contributed by atoms with Gasteiger partial charge < -0.3 is 14.2 Å². The quantitative estimate of drug-likeness (QED) is 0.572. The highest BCUT2D eigenvalue weighted by Crippen LogP contribution is 2.72. The third kappa shape index (κ3) is 1.45. The van der Waals surface area contributed by atoms with Crippen molar-refractivity contribution in [2.45, 2.75) is 111 Å². The molecule has 3 aliphatic heterocycles. The van der Waals surface area contributed by atoms with E-state index in [0.29, 0.717) is 18.3 Å². The minimum absolute atomic E-state index is 0.102. The monoisotopic (exact) mass is 346 g/mol. The Morgan fingerprint density at radius 1 is 0.667 bits per heavy atom. The zero-order chi connectivity index (χ0) is 16.0. The standard InChI is InChI=1S/C20H30O3Si/c1-2-24(18-12-6-3-9-15(18)21-18,19-13-7-4-10-16(19)22-19)20-14-8-5-11-17(20)23-20/h2,15-17H,1,3-14H2. The first-order valence-corrected chi connectivity index (χ1v) is 12.5. The minimum atomic E-state index is -2.12. The molecule has 0 aromatic rings. The molecule has 4 heteroatoms. The molecule has 24 heavy (non-hydrogen) atoms. The second kappa shape index (κ2) is 4.57. The average Bonchev–Trinajstić information content (AvgIpc) is 3.51. The molecule has 3 saturated carbocycles. The number of fused-ring (bicyclic) bond motifs is 3. The molecule has 6 fully saturated rings. The van der Waals surface area contributed by atoms with Crippen LogP contribution in [0.4, 0.5) is 0 Å². The van der Waals surface area contributed by atoms with Gasteiger partial charge in [0.15, 0.2) is 8.07 Å². The first kappa shape index (κ1) is 14.9. The van der Waals surface area contributed by atoms with Crippen LogP contribution in [0.2, 0.25) is 0 Å². The largest absolute Gasteiger partial charge is 0.369 e. The topological polar surface area (TPSA) is 37.6 Å². The molecule has 6 aliphatic rings. The van der Waals surface area contributed by atoms with E-state index < -0.39 is 8.07 Å². The highest BCUT2D eigenvalue weighted by atomic mass is 28.3. The minimum Gasteiger partial charge on any atom is -0.369 e. The van der Waals surface area contributed by atoms with Gasteiger partial charge in [-0.2, -0.15) is 0 Å². The Bertz CT molecular complexity index is 519. The summed E-state index contributed by atoms with van der Waals surface area (Å²) in [6.07, 6.45) is 16.9. The Kier molecular flexibility index (Phi) is 2.84. The highest BCUT2D eigenvalue weighted by Gasteiger charge is 2.91. The molecule has 0 radical (unpaired) electrons. The third-order valence-electron chi connectivity index (χ3n) is 8.55. The van der Waals surface area contributed by atoms with Gasteiger partial charge >= 0.3 is 0 Å². The van der Waals surface area contributed by atoms with Crippen LogP contribution in [0.25, 0.3) is 0 Å². The molecule has 0 amide bonds. The van der Waals surface area contributed by atoms with Crippen molar-refractivity contribution in [1.29, 1.82) is 0 Å². The Hall–Kier alpha value is -0.163. The molecular formula is C20H30O3Si. The van der Waals surface area contributed by atoms with Gasteiger partial charge in [-0.15, -0.1) is 6.58 Å².